The molecule has 2 aromatic heterocycles. The molecule has 3 N–H and O–H groups in total. The second kappa shape index (κ2) is 9.17. The van der Waals surface area contributed by atoms with E-state index in [1.807, 2.05) is 6.92 Å². The molecule has 0 fully saturated rings. The Morgan fingerprint density at radius 2 is 1.85 bits per heavy atom. The van der Waals surface area contributed by atoms with Crippen molar-refractivity contribution in [1.29, 1.82) is 0 Å². The van der Waals surface area contributed by atoms with Crippen LogP contribution in [0.4, 0.5) is 8.78 Å². The van der Waals surface area contributed by atoms with Gasteiger partial charge in [-0.3, -0.25) is 9.20 Å². The Bertz CT molecular complexity index is 1170. The van der Waals surface area contributed by atoms with Crippen LogP contribution in [0.15, 0.2) is 24.4 Å². The Hall–Kier alpha value is -2.88. The number of benzene rings is 1. The van der Waals surface area contributed by atoms with Crippen molar-refractivity contribution in [3.8, 4) is 5.88 Å². The van der Waals surface area contributed by atoms with Gasteiger partial charge in [0, 0.05) is 18.3 Å². The zero-order valence-corrected chi connectivity index (χ0v) is 19.9. The molecule has 1 unspecified atom stereocenters. The first kappa shape index (κ1) is 24.8. The van der Waals surface area contributed by atoms with Crippen LogP contribution in [0.1, 0.15) is 40.8 Å². The van der Waals surface area contributed by atoms with E-state index in [0.29, 0.717) is 17.1 Å². The highest BCUT2D eigenvalue weighted by molar-refractivity contribution is 6.58. The first-order valence-electron chi connectivity index (χ1n) is 10.8. The highest BCUT2D eigenvalue weighted by Crippen LogP contribution is 2.25. The van der Waals surface area contributed by atoms with Gasteiger partial charge in [-0.25, -0.2) is 18.7 Å². The third-order valence-corrected chi connectivity index (χ3v) is 5.09. The van der Waals surface area contributed by atoms with Crippen molar-refractivity contribution in [2.24, 2.45) is 5.73 Å². The average molecular weight is 453 g/mol. The SMILES string of the molecule is BC(B)(B)CC(C)(N)CNC(=O)c1c(C)nc2c(OCc3c(F)cccc3F)nc(C)cn12. The van der Waals surface area contributed by atoms with E-state index < -0.39 is 17.2 Å². The van der Waals surface area contributed by atoms with Gasteiger partial charge in [0.05, 0.1) is 40.5 Å². The lowest BCUT2D eigenvalue weighted by atomic mass is 9.40. The van der Waals surface area contributed by atoms with Gasteiger partial charge in [0.1, 0.15) is 23.9 Å². The normalized spacial score (nSPS) is 13.6. The van der Waals surface area contributed by atoms with Gasteiger partial charge in [0.15, 0.2) is 0 Å². The van der Waals surface area contributed by atoms with E-state index in [-0.39, 0.29) is 41.3 Å². The van der Waals surface area contributed by atoms with E-state index in [2.05, 4.69) is 38.8 Å². The van der Waals surface area contributed by atoms with Crippen molar-refractivity contribution in [3.63, 3.8) is 0 Å². The molecule has 3 rings (SSSR count). The summed E-state index contributed by atoms with van der Waals surface area (Å²) in [6.07, 6.45) is 2.39. The van der Waals surface area contributed by atoms with Gasteiger partial charge in [0.25, 0.3) is 11.8 Å². The lowest BCUT2D eigenvalue weighted by molar-refractivity contribution is 0.0937. The van der Waals surface area contributed by atoms with E-state index >= 15 is 0 Å². The number of hydrogen-bond donors (Lipinski definition) is 2. The van der Waals surface area contributed by atoms with Crippen LogP contribution in [0, 0.1) is 25.5 Å². The number of rotatable bonds is 8. The first-order valence-corrected chi connectivity index (χ1v) is 10.8. The second-order valence-electron chi connectivity index (χ2n) is 9.99. The lowest BCUT2D eigenvalue weighted by Gasteiger charge is -2.32. The number of aryl methyl sites for hydroxylation is 2. The molecule has 0 aliphatic rings. The summed E-state index contributed by atoms with van der Waals surface area (Å²) in [4.78, 5) is 21.8. The van der Waals surface area contributed by atoms with Crippen LogP contribution in [0.5, 0.6) is 5.88 Å². The molecule has 1 aromatic carbocycles. The van der Waals surface area contributed by atoms with Gasteiger partial charge < -0.3 is 15.8 Å². The number of fused-ring (bicyclic) bond motifs is 1. The fraction of sp³-hybridized carbons (Fsp3) is 0.381. The summed E-state index contributed by atoms with van der Waals surface area (Å²) in [6, 6.07) is 3.61. The number of halogens is 2. The van der Waals surface area contributed by atoms with Gasteiger partial charge in [-0.2, -0.15) is 0 Å². The molecular formula is C21H28B3F2N5O2. The smallest absolute Gasteiger partial charge is 0.270 e. The number of imidazole rings is 1. The third kappa shape index (κ3) is 5.93. The van der Waals surface area contributed by atoms with Crippen molar-refractivity contribution in [2.45, 2.75) is 44.5 Å². The molecule has 12 heteroatoms. The molecule has 172 valence electrons. The van der Waals surface area contributed by atoms with Gasteiger partial charge in [-0.15, -0.1) is 5.11 Å². The number of nitrogens with zero attached hydrogens (tertiary/aromatic N) is 3. The van der Waals surface area contributed by atoms with E-state index in [0.717, 1.165) is 18.6 Å². The molecule has 2 heterocycles. The van der Waals surface area contributed by atoms with Crippen molar-refractivity contribution < 1.29 is 18.3 Å². The molecule has 0 spiro atoms. The summed E-state index contributed by atoms with van der Waals surface area (Å²) in [6.45, 7) is 5.26. The van der Waals surface area contributed by atoms with Crippen LogP contribution in [0.25, 0.3) is 5.65 Å². The largest absolute Gasteiger partial charge is 0.470 e. The van der Waals surface area contributed by atoms with Crippen LogP contribution < -0.4 is 15.8 Å². The second-order valence-corrected chi connectivity index (χ2v) is 9.99. The van der Waals surface area contributed by atoms with Crippen LogP contribution in [0.3, 0.4) is 0 Å². The predicted octanol–water partition coefficient (Wildman–Crippen LogP) is 0.0136. The fourth-order valence-electron chi connectivity index (χ4n) is 4.07. The number of aromatic nitrogens is 3. The molecule has 0 saturated heterocycles. The molecule has 0 aliphatic carbocycles. The minimum absolute atomic E-state index is 0.0141. The molecule has 1 atom stereocenters. The van der Waals surface area contributed by atoms with Gasteiger partial charge in [-0.05, 0) is 39.3 Å². The summed E-state index contributed by atoms with van der Waals surface area (Å²) in [7, 11) is 6.29. The zero-order valence-electron chi connectivity index (χ0n) is 19.9. The monoisotopic (exact) mass is 453 g/mol. The number of amides is 1. The van der Waals surface area contributed by atoms with Gasteiger partial charge >= 0.3 is 0 Å². The maximum Gasteiger partial charge on any atom is 0.270 e. The number of carbonyl (C=O) groups is 1. The average Bonchev–Trinajstić information content (AvgIpc) is 2.99. The van der Waals surface area contributed by atoms with Crippen LogP contribution in [-0.4, -0.2) is 55.9 Å². The Labute approximate surface area is 194 Å². The number of nitrogens with one attached hydrogen (secondary N) is 1. The van der Waals surface area contributed by atoms with Crippen LogP contribution >= 0.6 is 0 Å². The Balaban J connectivity index is 1.87. The summed E-state index contributed by atoms with van der Waals surface area (Å²) >= 11 is 0. The van der Waals surface area contributed by atoms with Crippen molar-refractivity contribution in [3.05, 3.63) is 58.7 Å². The molecular weight excluding hydrogens is 425 g/mol. The molecule has 7 nitrogen and oxygen atoms in total. The zero-order chi connectivity index (χ0) is 24.6. The summed E-state index contributed by atoms with van der Waals surface area (Å²) in [5, 5.41) is 2.92. The fourth-order valence-corrected chi connectivity index (χ4v) is 4.07. The summed E-state index contributed by atoms with van der Waals surface area (Å²) in [5.74, 6) is -1.67. The maximum absolute atomic E-state index is 14.0. The minimum atomic E-state index is -0.710. The van der Waals surface area contributed by atoms with E-state index in [9.17, 15) is 13.6 Å². The Morgan fingerprint density at radius 1 is 1.21 bits per heavy atom. The van der Waals surface area contributed by atoms with Crippen molar-refractivity contribution in [2.75, 3.05) is 6.54 Å². The molecule has 1 amide bonds. The topological polar surface area (TPSA) is 94.5 Å². The minimum Gasteiger partial charge on any atom is -0.470 e. The van der Waals surface area contributed by atoms with Gasteiger partial charge in [-0.1, -0.05) is 6.07 Å². The van der Waals surface area contributed by atoms with E-state index in [1.54, 1.807) is 24.4 Å². The Morgan fingerprint density at radius 3 is 2.45 bits per heavy atom. The molecule has 0 radical (unpaired) electrons. The molecule has 0 aliphatic heterocycles. The number of hydrogen-bond acceptors (Lipinski definition) is 5. The lowest BCUT2D eigenvalue weighted by Crippen LogP contribution is -2.50. The van der Waals surface area contributed by atoms with Crippen molar-refractivity contribution >= 4 is 35.1 Å². The van der Waals surface area contributed by atoms with Crippen LogP contribution in [-0.2, 0) is 6.61 Å². The Kier molecular flexibility index (Phi) is 6.88. The number of ether oxygens (including phenoxy) is 1. The molecule has 0 bridgehead atoms. The number of nitrogens with two attached hydrogens (primary N) is 1. The van der Waals surface area contributed by atoms with Crippen molar-refractivity contribution in [1.82, 2.24) is 19.7 Å². The third-order valence-electron chi connectivity index (χ3n) is 5.09. The molecule has 3 aromatic rings. The maximum atomic E-state index is 14.0. The summed E-state index contributed by atoms with van der Waals surface area (Å²) < 4.78 is 35.2. The first-order chi connectivity index (χ1) is 15.3. The quantitative estimate of drug-likeness (QED) is 0.470. The highest BCUT2D eigenvalue weighted by atomic mass is 19.1. The van der Waals surface area contributed by atoms with E-state index in [1.165, 1.54) is 6.07 Å². The van der Waals surface area contributed by atoms with Crippen LogP contribution in [0.2, 0.25) is 5.11 Å². The highest BCUT2D eigenvalue weighted by Gasteiger charge is 2.28. The summed E-state index contributed by atoms with van der Waals surface area (Å²) in [5.41, 5.74) is 7.23. The van der Waals surface area contributed by atoms with Gasteiger partial charge in [0.2, 0.25) is 5.65 Å². The standard InChI is InChI=1S/C21H28B3F2N5O2/c1-11-7-31-16(18(32)28-10-20(3,27)9-21(22,23)24)12(2)30-17(31)19(29-11)33-8-13-14(25)5-4-6-15(13)26/h4-7H,8-10,22-24,27H2,1-3H3,(H,28,32). The molecule has 0 saturated carbocycles. The van der Waals surface area contributed by atoms with E-state index in [4.69, 9.17) is 10.5 Å². The predicted molar refractivity (Wildman–Crippen MR) is 131 cm³/mol. The number of carbonyl (C=O) groups excluding carboxylic acids is 1. The molecule has 33 heavy (non-hydrogen) atoms.